The number of carbonyl (C=O) groups excluding carboxylic acids is 2. The second-order valence-corrected chi connectivity index (χ2v) is 5.77. The van der Waals surface area contributed by atoms with E-state index in [0.717, 1.165) is 13.0 Å². The lowest BCUT2D eigenvalue weighted by Crippen LogP contribution is -2.40. The van der Waals surface area contributed by atoms with Crippen molar-refractivity contribution >= 4 is 34.1 Å². The van der Waals surface area contributed by atoms with E-state index in [4.69, 9.17) is 5.73 Å². The molecule has 0 aliphatic rings. The van der Waals surface area contributed by atoms with Gasteiger partial charge in [0.15, 0.2) is 5.13 Å². The average Bonchev–Trinajstić information content (AvgIpc) is 2.82. The first-order valence-corrected chi connectivity index (χ1v) is 7.71. The molecule has 0 fully saturated rings. The molecule has 0 aliphatic carbocycles. The van der Waals surface area contributed by atoms with Crippen molar-refractivity contribution in [3.63, 3.8) is 0 Å². The Hall–Kier alpha value is -1.83. The van der Waals surface area contributed by atoms with Crippen LogP contribution in [0.2, 0.25) is 0 Å². The Bertz CT molecular complexity index is 501. The van der Waals surface area contributed by atoms with E-state index in [1.54, 1.807) is 14.1 Å². The standard InChI is InChI=1S/C13H23N5O2S/c1-5-7-15-13-16-11(14)10(21-13)12(20)18(6-2)8-9(19)17(3)4/h5-8,14H2,1-4H3,(H,15,16). The highest BCUT2D eigenvalue weighted by atomic mass is 32.1. The summed E-state index contributed by atoms with van der Waals surface area (Å²) in [5.74, 6) is -0.177. The van der Waals surface area contributed by atoms with Gasteiger partial charge >= 0.3 is 0 Å². The first-order chi connectivity index (χ1) is 9.90. The third-order valence-electron chi connectivity index (χ3n) is 2.87. The molecule has 0 bridgehead atoms. The summed E-state index contributed by atoms with van der Waals surface area (Å²) in [5.41, 5.74) is 5.81. The van der Waals surface area contributed by atoms with Crippen LogP contribution in [-0.4, -0.2) is 60.3 Å². The Morgan fingerprint density at radius 3 is 2.52 bits per heavy atom. The molecular weight excluding hydrogens is 290 g/mol. The third kappa shape index (κ3) is 4.59. The van der Waals surface area contributed by atoms with Crippen LogP contribution >= 0.6 is 11.3 Å². The quantitative estimate of drug-likeness (QED) is 0.786. The lowest BCUT2D eigenvalue weighted by atomic mass is 10.3. The highest BCUT2D eigenvalue weighted by molar-refractivity contribution is 7.18. The normalized spacial score (nSPS) is 10.3. The summed E-state index contributed by atoms with van der Waals surface area (Å²) in [6, 6.07) is 0. The van der Waals surface area contributed by atoms with Crippen LogP contribution in [0.3, 0.4) is 0 Å². The Morgan fingerprint density at radius 1 is 1.33 bits per heavy atom. The van der Waals surface area contributed by atoms with Gasteiger partial charge in [-0.25, -0.2) is 4.98 Å². The summed E-state index contributed by atoms with van der Waals surface area (Å²) in [7, 11) is 3.32. The fraction of sp³-hybridized carbons (Fsp3) is 0.615. The predicted molar refractivity (Wildman–Crippen MR) is 85.6 cm³/mol. The minimum atomic E-state index is -0.257. The highest BCUT2D eigenvalue weighted by Gasteiger charge is 2.23. The van der Waals surface area contributed by atoms with Crippen molar-refractivity contribution in [3.05, 3.63) is 4.88 Å². The summed E-state index contributed by atoms with van der Waals surface area (Å²) in [4.78, 5) is 31.7. The molecule has 7 nitrogen and oxygen atoms in total. The van der Waals surface area contributed by atoms with E-state index in [1.165, 1.54) is 21.1 Å². The van der Waals surface area contributed by atoms with Crippen LogP contribution in [0.25, 0.3) is 0 Å². The van der Waals surface area contributed by atoms with Crippen molar-refractivity contribution in [1.29, 1.82) is 0 Å². The number of hydrogen-bond donors (Lipinski definition) is 2. The Labute approximate surface area is 129 Å². The number of hydrogen-bond acceptors (Lipinski definition) is 6. The molecule has 1 heterocycles. The number of aromatic nitrogens is 1. The highest BCUT2D eigenvalue weighted by Crippen LogP contribution is 2.26. The number of thiazole rings is 1. The van der Waals surface area contributed by atoms with Gasteiger partial charge in [0.1, 0.15) is 17.2 Å². The minimum absolute atomic E-state index is 0.0391. The van der Waals surface area contributed by atoms with Crippen LogP contribution in [0.4, 0.5) is 10.9 Å². The predicted octanol–water partition coefficient (Wildman–Crippen LogP) is 1.10. The van der Waals surface area contributed by atoms with Crippen LogP contribution in [0, 0.1) is 0 Å². The maximum absolute atomic E-state index is 12.5. The van der Waals surface area contributed by atoms with E-state index in [2.05, 4.69) is 10.3 Å². The third-order valence-corrected chi connectivity index (χ3v) is 3.88. The Morgan fingerprint density at radius 2 is 2.00 bits per heavy atom. The largest absolute Gasteiger partial charge is 0.382 e. The van der Waals surface area contributed by atoms with Crippen molar-refractivity contribution in [3.8, 4) is 0 Å². The molecule has 21 heavy (non-hydrogen) atoms. The summed E-state index contributed by atoms with van der Waals surface area (Å²) in [6.07, 6.45) is 0.960. The summed E-state index contributed by atoms with van der Waals surface area (Å²) < 4.78 is 0. The topological polar surface area (TPSA) is 91.6 Å². The maximum atomic E-state index is 12.5. The SMILES string of the molecule is CCCNc1nc(N)c(C(=O)N(CC)CC(=O)N(C)C)s1. The van der Waals surface area contributed by atoms with E-state index in [-0.39, 0.29) is 24.2 Å². The molecule has 118 valence electrons. The number of carbonyl (C=O) groups is 2. The summed E-state index contributed by atoms with van der Waals surface area (Å²) >= 11 is 1.22. The van der Waals surface area contributed by atoms with Crippen LogP contribution in [0.15, 0.2) is 0 Å². The molecule has 0 radical (unpaired) electrons. The molecule has 0 aliphatic heterocycles. The van der Waals surface area contributed by atoms with Gasteiger partial charge in [-0.1, -0.05) is 18.3 Å². The lowest BCUT2D eigenvalue weighted by molar-refractivity contribution is -0.129. The second-order valence-electron chi connectivity index (χ2n) is 4.77. The molecular formula is C13H23N5O2S. The summed E-state index contributed by atoms with van der Waals surface area (Å²) in [5, 5.41) is 3.74. The molecule has 1 aromatic heterocycles. The van der Waals surface area contributed by atoms with Gasteiger partial charge in [0.25, 0.3) is 5.91 Å². The van der Waals surface area contributed by atoms with Gasteiger partial charge in [0, 0.05) is 27.2 Å². The second kappa shape index (κ2) is 7.82. The number of nitrogens with two attached hydrogens (primary N) is 1. The molecule has 8 heteroatoms. The molecule has 1 rings (SSSR count). The molecule has 1 aromatic rings. The summed E-state index contributed by atoms with van der Waals surface area (Å²) in [6.45, 7) is 5.12. The number of anilines is 2. The molecule has 0 aromatic carbocycles. The number of rotatable bonds is 7. The number of amides is 2. The number of nitrogen functional groups attached to an aromatic ring is 1. The van der Waals surface area contributed by atoms with Crippen molar-refractivity contribution in [1.82, 2.24) is 14.8 Å². The van der Waals surface area contributed by atoms with Crippen molar-refractivity contribution < 1.29 is 9.59 Å². The molecule has 0 spiro atoms. The van der Waals surface area contributed by atoms with E-state index in [0.29, 0.717) is 16.6 Å². The zero-order chi connectivity index (χ0) is 16.0. The van der Waals surface area contributed by atoms with Gasteiger partial charge in [0.05, 0.1) is 0 Å². The Balaban J connectivity index is 2.84. The monoisotopic (exact) mass is 313 g/mol. The van der Waals surface area contributed by atoms with Gasteiger partial charge in [-0.3, -0.25) is 9.59 Å². The van der Waals surface area contributed by atoms with Crippen LogP contribution < -0.4 is 11.1 Å². The molecule has 0 saturated heterocycles. The van der Waals surface area contributed by atoms with E-state index in [9.17, 15) is 9.59 Å². The minimum Gasteiger partial charge on any atom is -0.382 e. The smallest absolute Gasteiger partial charge is 0.268 e. The number of likely N-dealkylation sites (N-methyl/N-ethyl adjacent to an activating group) is 2. The van der Waals surface area contributed by atoms with Gasteiger partial charge in [0.2, 0.25) is 5.91 Å². The fourth-order valence-corrected chi connectivity index (χ4v) is 2.45. The molecule has 0 saturated carbocycles. The van der Waals surface area contributed by atoms with Crippen molar-refractivity contribution in [2.45, 2.75) is 20.3 Å². The lowest BCUT2D eigenvalue weighted by Gasteiger charge is -2.21. The first kappa shape index (κ1) is 17.2. The number of nitrogens with zero attached hydrogens (tertiary/aromatic N) is 3. The molecule has 3 N–H and O–H groups in total. The molecule has 0 unspecified atom stereocenters. The molecule has 0 atom stereocenters. The van der Waals surface area contributed by atoms with Gasteiger partial charge in [-0.15, -0.1) is 0 Å². The zero-order valence-electron chi connectivity index (χ0n) is 13.0. The van der Waals surface area contributed by atoms with E-state index >= 15 is 0 Å². The molecule has 2 amide bonds. The van der Waals surface area contributed by atoms with Crippen molar-refractivity contribution in [2.75, 3.05) is 44.8 Å². The van der Waals surface area contributed by atoms with Crippen LogP contribution in [0.1, 0.15) is 29.9 Å². The first-order valence-electron chi connectivity index (χ1n) is 6.90. The van der Waals surface area contributed by atoms with Crippen LogP contribution in [-0.2, 0) is 4.79 Å². The van der Waals surface area contributed by atoms with E-state index < -0.39 is 0 Å². The van der Waals surface area contributed by atoms with Gasteiger partial charge in [-0.05, 0) is 13.3 Å². The number of nitrogens with one attached hydrogen (secondary N) is 1. The van der Waals surface area contributed by atoms with Crippen LogP contribution in [0.5, 0.6) is 0 Å². The maximum Gasteiger partial charge on any atom is 0.268 e. The zero-order valence-corrected chi connectivity index (χ0v) is 13.8. The van der Waals surface area contributed by atoms with Crippen molar-refractivity contribution in [2.24, 2.45) is 0 Å². The van der Waals surface area contributed by atoms with E-state index in [1.807, 2.05) is 13.8 Å². The van der Waals surface area contributed by atoms with Gasteiger partial charge < -0.3 is 20.9 Å². The Kier molecular flexibility index (Phi) is 6.41. The van der Waals surface area contributed by atoms with Gasteiger partial charge in [-0.2, -0.15) is 0 Å². The fourth-order valence-electron chi connectivity index (χ4n) is 1.57. The average molecular weight is 313 g/mol.